The molecule has 0 unspecified atom stereocenters. The number of rotatable bonds is 5. The highest BCUT2D eigenvalue weighted by atomic mass is 32.1. The molecule has 0 saturated carbocycles. The smallest absolute Gasteiger partial charge is 0.0616 e. The fourth-order valence-electron chi connectivity index (χ4n) is 1.59. The topological polar surface area (TPSA) is 24.1 Å². The summed E-state index contributed by atoms with van der Waals surface area (Å²) in [5.41, 5.74) is 0. The van der Waals surface area contributed by atoms with Crippen LogP contribution in [0.2, 0.25) is 0 Å². The Morgan fingerprint density at radius 2 is 1.94 bits per heavy atom. The molecule has 0 bridgehead atoms. The Morgan fingerprint density at radius 3 is 2.56 bits per heavy atom. The zero-order valence-electron chi connectivity index (χ0n) is 9.49. The van der Waals surface area contributed by atoms with Gasteiger partial charge in [0.15, 0.2) is 0 Å². The summed E-state index contributed by atoms with van der Waals surface area (Å²) in [7, 11) is 3.96. The predicted octanol–water partition coefficient (Wildman–Crippen LogP) is 2.78. The van der Waals surface area contributed by atoms with Crippen LogP contribution in [0.3, 0.4) is 0 Å². The lowest BCUT2D eigenvalue weighted by atomic mass is 10.3. The molecule has 0 aliphatic heterocycles. The average Bonchev–Trinajstić information content (AvgIpc) is 2.96. The minimum atomic E-state index is 0.356. The third kappa shape index (κ3) is 2.71. The van der Waals surface area contributed by atoms with Crippen molar-refractivity contribution in [1.29, 1.82) is 0 Å². The largest absolute Gasteiger partial charge is 0.305 e. The second kappa shape index (κ2) is 5.59. The standard InChI is InChI=1S/C12H16N2S2/c1-13-12(14-2)8-9-5-6-11(16-9)10-4-3-7-15-10/h3-7,12-14H,8H2,1-2H3. The van der Waals surface area contributed by atoms with Crippen molar-refractivity contribution in [2.45, 2.75) is 12.6 Å². The molecule has 0 saturated heterocycles. The minimum absolute atomic E-state index is 0.356. The van der Waals surface area contributed by atoms with Gasteiger partial charge in [0.25, 0.3) is 0 Å². The lowest BCUT2D eigenvalue weighted by Gasteiger charge is -2.13. The van der Waals surface area contributed by atoms with Gasteiger partial charge >= 0.3 is 0 Å². The zero-order valence-corrected chi connectivity index (χ0v) is 11.1. The monoisotopic (exact) mass is 252 g/mol. The molecule has 16 heavy (non-hydrogen) atoms. The molecule has 2 aromatic rings. The Hall–Kier alpha value is -0.680. The van der Waals surface area contributed by atoms with Gasteiger partial charge < -0.3 is 10.6 Å². The summed E-state index contributed by atoms with van der Waals surface area (Å²) in [4.78, 5) is 4.15. The number of thiophene rings is 2. The van der Waals surface area contributed by atoms with Gasteiger partial charge in [-0.3, -0.25) is 0 Å². The fraction of sp³-hybridized carbons (Fsp3) is 0.333. The lowest BCUT2D eigenvalue weighted by Crippen LogP contribution is -2.39. The number of hydrogen-bond donors (Lipinski definition) is 2. The highest BCUT2D eigenvalue weighted by Gasteiger charge is 2.08. The third-order valence-corrected chi connectivity index (χ3v) is 4.70. The molecule has 0 amide bonds. The number of likely N-dealkylation sites (N-methyl/N-ethyl adjacent to an activating group) is 2. The van der Waals surface area contributed by atoms with Gasteiger partial charge in [0.1, 0.15) is 0 Å². The minimum Gasteiger partial charge on any atom is -0.305 e. The summed E-state index contributed by atoms with van der Waals surface area (Å²) >= 11 is 3.68. The normalized spacial score (nSPS) is 11.2. The van der Waals surface area contributed by atoms with E-state index in [2.05, 4.69) is 40.3 Å². The summed E-state index contributed by atoms with van der Waals surface area (Å²) in [6.45, 7) is 0. The quantitative estimate of drug-likeness (QED) is 0.800. The maximum absolute atomic E-state index is 3.24. The van der Waals surface area contributed by atoms with Gasteiger partial charge in [0, 0.05) is 21.1 Å². The first-order chi connectivity index (χ1) is 7.83. The second-order valence-electron chi connectivity index (χ2n) is 3.58. The first kappa shape index (κ1) is 11.8. The van der Waals surface area contributed by atoms with Crippen LogP contribution in [0, 0.1) is 0 Å². The summed E-state index contributed by atoms with van der Waals surface area (Å²) in [6, 6.07) is 8.72. The molecule has 86 valence electrons. The number of nitrogens with one attached hydrogen (secondary N) is 2. The van der Waals surface area contributed by atoms with Crippen molar-refractivity contribution >= 4 is 22.7 Å². The Morgan fingerprint density at radius 1 is 1.12 bits per heavy atom. The van der Waals surface area contributed by atoms with E-state index in [1.54, 1.807) is 11.3 Å². The van der Waals surface area contributed by atoms with Gasteiger partial charge in [0.05, 0.1) is 6.17 Å². The Balaban J connectivity index is 2.08. The average molecular weight is 252 g/mol. The molecule has 2 heterocycles. The van der Waals surface area contributed by atoms with Crippen molar-refractivity contribution in [3.8, 4) is 9.75 Å². The van der Waals surface area contributed by atoms with E-state index in [-0.39, 0.29) is 0 Å². The van der Waals surface area contributed by atoms with Crippen LogP contribution in [-0.2, 0) is 6.42 Å². The summed E-state index contributed by atoms with van der Waals surface area (Å²) in [5, 5.41) is 8.61. The Labute approximate surface area is 104 Å². The van der Waals surface area contributed by atoms with Crippen molar-refractivity contribution in [3.63, 3.8) is 0 Å². The van der Waals surface area contributed by atoms with Gasteiger partial charge in [-0.25, -0.2) is 0 Å². The molecule has 0 aliphatic carbocycles. The van der Waals surface area contributed by atoms with Gasteiger partial charge in [-0.2, -0.15) is 0 Å². The van der Waals surface area contributed by atoms with E-state index < -0.39 is 0 Å². The molecule has 0 spiro atoms. The van der Waals surface area contributed by atoms with Crippen molar-refractivity contribution in [3.05, 3.63) is 34.5 Å². The highest BCUT2D eigenvalue weighted by molar-refractivity contribution is 7.21. The van der Waals surface area contributed by atoms with Gasteiger partial charge in [0.2, 0.25) is 0 Å². The van der Waals surface area contributed by atoms with E-state index in [0.717, 1.165) is 6.42 Å². The molecule has 2 nitrogen and oxygen atoms in total. The highest BCUT2D eigenvalue weighted by Crippen LogP contribution is 2.31. The van der Waals surface area contributed by atoms with Crippen molar-refractivity contribution in [1.82, 2.24) is 10.6 Å². The van der Waals surface area contributed by atoms with Crippen LogP contribution in [0.5, 0.6) is 0 Å². The van der Waals surface area contributed by atoms with Crippen molar-refractivity contribution in [2.24, 2.45) is 0 Å². The lowest BCUT2D eigenvalue weighted by molar-refractivity contribution is 0.495. The van der Waals surface area contributed by atoms with Crippen LogP contribution >= 0.6 is 22.7 Å². The van der Waals surface area contributed by atoms with Crippen LogP contribution in [0.15, 0.2) is 29.6 Å². The molecule has 2 rings (SSSR count). The first-order valence-corrected chi connectivity index (χ1v) is 7.00. The maximum atomic E-state index is 3.24. The summed E-state index contributed by atoms with van der Waals surface area (Å²) < 4.78 is 0. The molecule has 0 fully saturated rings. The van der Waals surface area contributed by atoms with Crippen LogP contribution in [0.25, 0.3) is 9.75 Å². The molecule has 4 heteroatoms. The molecule has 0 atom stereocenters. The van der Waals surface area contributed by atoms with Crippen molar-refractivity contribution < 1.29 is 0 Å². The van der Waals surface area contributed by atoms with E-state index in [1.807, 2.05) is 25.4 Å². The molecule has 0 aromatic carbocycles. The molecule has 0 aliphatic rings. The fourth-order valence-corrected chi connectivity index (χ4v) is 3.48. The van der Waals surface area contributed by atoms with E-state index in [0.29, 0.717) is 6.17 Å². The van der Waals surface area contributed by atoms with E-state index in [1.165, 1.54) is 14.6 Å². The van der Waals surface area contributed by atoms with E-state index >= 15 is 0 Å². The summed E-state index contributed by atoms with van der Waals surface area (Å²) in [6.07, 6.45) is 1.39. The van der Waals surface area contributed by atoms with E-state index in [4.69, 9.17) is 0 Å². The third-order valence-electron chi connectivity index (χ3n) is 2.53. The SMILES string of the molecule is CNC(Cc1ccc(-c2cccs2)s1)NC. The van der Waals surface area contributed by atoms with E-state index in [9.17, 15) is 0 Å². The molecular formula is C12H16N2S2. The Kier molecular flexibility index (Phi) is 4.12. The maximum Gasteiger partial charge on any atom is 0.0616 e. The van der Waals surface area contributed by atoms with Crippen LogP contribution in [0.1, 0.15) is 4.88 Å². The van der Waals surface area contributed by atoms with Crippen LogP contribution < -0.4 is 10.6 Å². The van der Waals surface area contributed by atoms with Gasteiger partial charge in [-0.1, -0.05) is 6.07 Å². The predicted molar refractivity (Wildman–Crippen MR) is 73.2 cm³/mol. The molecular weight excluding hydrogens is 236 g/mol. The molecule has 2 N–H and O–H groups in total. The van der Waals surface area contributed by atoms with Crippen LogP contribution in [-0.4, -0.2) is 20.3 Å². The molecule has 2 aromatic heterocycles. The van der Waals surface area contributed by atoms with Gasteiger partial charge in [-0.15, -0.1) is 22.7 Å². The van der Waals surface area contributed by atoms with Crippen molar-refractivity contribution in [2.75, 3.05) is 14.1 Å². The first-order valence-electron chi connectivity index (χ1n) is 5.30. The summed E-state index contributed by atoms with van der Waals surface area (Å²) in [5.74, 6) is 0. The number of hydrogen-bond acceptors (Lipinski definition) is 4. The molecule has 0 radical (unpaired) electrons. The Bertz CT molecular complexity index is 416. The second-order valence-corrected chi connectivity index (χ2v) is 5.69. The van der Waals surface area contributed by atoms with Crippen LogP contribution in [0.4, 0.5) is 0 Å². The van der Waals surface area contributed by atoms with Gasteiger partial charge in [-0.05, 0) is 37.7 Å². The zero-order chi connectivity index (χ0) is 11.4.